The third-order valence-electron chi connectivity index (χ3n) is 2.71. The number of ether oxygens (including phenoxy) is 1. The predicted molar refractivity (Wildman–Crippen MR) is 59.0 cm³/mol. The molecule has 3 nitrogen and oxygen atoms in total. The van der Waals surface area contributed by atoms with E-state index in [4.69, 9.17) is 4.74 Å². The van der Waals surface area contributed by atoms with Crippen molar-refractivity contribution >= 4 is 11.6 Å². The van der Waals surface area contributed by atoms with E-state index in [-0.39, 0.29) is 5.69 Å². The minimum atomic E-state index is -4.49. The Labute approximate surface area is 102 Å². The smallest absolute Gasteiger partial charge is 0.368 e. The molecule has 1 fully saturated rings. The average molecular weight is 259 g/mol. The van der Waals surface area contributed by atoms with Gasteiger partial charge in [0.05, 0.1) is 11.3 Å². The van der Waals surface area contributed by atoms with Gasteiger partial charge >= 0.3 is 6.18 Å². The fraction of sp³-hybridized carbons (Fsp3) is 0.417. The maximum atomic E-state index is 12.7. The van der Waals surface area contributed by atoms with Crippen molar-refractivity contribution in [1.82, 2.24) is 0 Å². The van der Waals surface area contributed by atoms with E-state index in [0.717, 1.165) is 12.5 Å². The van der Waals surface area contributed by atoms with E-state index in [2.05, 4.69) is 5.32 Å². The number of hydrogen-bond acceptors (Lipinski definition) is 2. The van der Waals surface area contributed by atoms with Crippen LogP contribution in [0.25, 0.3) is 0 Å². The predicted octanol–water partition coefficient (Wildman–Crippen LogP) is 2.82. The summed E-state index contributed by atoms with van der Waals surface area (Å²) in [5, 5.41) is 2.28. The van der Waals surface area contributed by atoms with Crippen LogP contribution in [0, 0.1) is 0 Å². The lowest BCUT2D eigenvalue weighted by Gasteiger charge is -2.15. The Kier molecular flexibility index (Phi) is 3.56. The van der Waals surface area contributed by atoms with Crippen LogP contribution in [0.3, 0.4) is 0 Å². The zero-order valence-electron chi connectivity index (χ0n) is 9.46. The molecule has 0 saturated carbocycles. The maximum absolute atomic E-state index is 12.7. The van der Waals surface area contributed by atoms with Gasteiger partial charge in [-0.2, -0.15) is 13.2 Å². The second-order valence-corrected chi connectivity index (χ2v) is 4.03. The lowest BCUT2D eigenvalue weighted by Crippen LogP contribution is -2.28. The van der Waals surface area contributed by atoms with Crippen LogP contribution in [0.4, 0.5) is 18.9 Å². The molecular formula is C12H12F3NO2. The number of amides is 1. The molecule has 0 radical (unpaired) electrons. The van der Waals surface area contributed by atoms with Crippen molar-refractivity contribution in [2.75, 3.05) is 11.9 Å². The molecule has 1 aliphatic heterocycles. The summed E-state index contributed by atoms with van der Waals surface area (Å²) in [7, 11) is 0. The molecule has 1 aromatic rings. The number of alkyl halides is 3. The number of anilines is 1. The third-order valence-corrected chi connectivity index (χ3v) is 2.71. The van der Waals surface area contributed by atoms with Crippen molar-refractivity contribution in [1.29, 1.82) is 0 Å². The van der Waals surface area contributed by atoms with Crippen LogP contribution >= 0.6 is 0 Å². The second kappa shape index (κ2) is 4.97. The van der Waals surface area contributed by atoms with Gasteiger partial charge in [0.1, 0.15) is 6.10 Å². The van der Waals surface area contributed by atoms with Crippen LogP contribution in [-0.4, -0.2) is 18.6 Å². The fourth-order valence-electron chi connectivity index (χ4n) is 1.84. The standard InChI is InChI=1S/C12H12F3NO2/c13-12(14,15)8-4-1-2-5-9(8)16-11(17)10-6-3-7-18-10/h1-2,4-5,10H,3,6-7H2,(H,16,17)/t10-/m0/s1. The molecule has 0 bridgehead atoms. The average Bonchev–Trinajstić information content (AvgIpc) is 2.81. The van der Waals surface area contributed by atoms with E-state index in [0.29, 0.717) is 13.0 Å². The van der Waals surface area contributed by atoms with Crippen LogP contribution in [0.2, 0.25) is 0 Å². The number of benzene rings is 1. The van der Waals surface area contributed by atoms with Crippen LogP contribution in [-0.2, 0) is 15.7 Å². The van der Waals surface area contributed by atoms with Gasteiger partial charge in [-0.3, -0.25) is 4.79 Å². The number of hydrogen-bond donors (Lipinski definition) is 1. The summed E-state index contributed by atoms with van der Waals surface area (Å²) >= 11 is 0. The molecule has 0 spiro atoms. The maximum Gasteiger partial charge on any atom is 0.418 e. The lowest BCUT2D eigenvalue weighted by molar-refractivity contribution is -0.137. The Hall–Kier alpha value is -1.56. The number of carbonyl (C=O) groups excluding carboxylic acids is 1. The number of rotatable bonds is 2. The Morgan fingerprint density at radius 1 is 1.33 bits per heavy atom. The molecule has 1 N–H and O–H groups in total. The highest BCUT2D eigenvalue weighted by Gasteiger charge is 2.34. The Bertz CT molecular complexity index is 439. The van der Waals surface area contributed by atoms with E-state index in [1.165, 1.54) is 18.2 Å². The van der Waals surface area contributed by atoms with Crippen LogP contribution < -0.4 is 5.32 Å². The summed E-state index contributed by atoms with van der Waals surface area (Å²) in [5.74, 6) is -0.524. The Balaban J connectivity index is 2.16. The number of halogens is 3. The summed E-state index contributed by atoms with van der Waals surface area (Å²) in [4.78, 5) is 11.7. The topological polar surface area (TPSA) is 38.3 Å². The van der Waals surface area contributed by atoms with Gasteiger partial charge in [-0.15, -0.1) is 0 Å². The molecule has 1 amide bonds. The third kappa shape index (κ3) is 2.81. The van der Waals surface area contributed by atoms with E-state index in [1.807, 2.05) is 0 Å². The summed E-state index contributed by atoms with van der Waals surface area (Å²) in [6, 6.07) is 4.89. The SMILES string of the molecule is O=C(Nc1ccccc1C(F)(F)F)[C@@H]1CCCO1. The normalized spacial score (nSPS) is 19.8. The van der Waals surface area contributed by atoms with Gasteiger partial charge in [-0.25, -0.2) is 0 Å². The van der Waals surface area contributed by atoms with E-state index < -0.39 is 23.8 Å². The van der Waals surface area contributed by atoms with Gasteiger partial charge in [-0.1, -0.05) is 12.1 Å². The zero-order valence-corrected chi connectivity index (χ0v) is 9.46. The van der Waals surface area contributed by atoms with Gasteiger partial charge < -0.3 is 10.1 Å². The van der Waals surface area contributed by atoms with Crippen LogP contribution in [0.15, 0.2) is 24.3 Å². The van der Waals surface area contributed by atoms with E-state index >= 15 is 0 Å². The first-order valence-corrected chi connectivity index (χ1v) is 5.57. The molecule has 0 aromatic heterocycles. The van der Waals surface area contributed by atoms with Crippen molar-refractivity contribution in [3.63, 3.8) is 0 Å². The molecule has 1 aliphatic rings. The molecule has 0 unspecified atom stereocenters. The largest absolute Gasteiger partial charge is 0.418 e. The van der Waals surface area contributed by atoms with E-state index in [9.17, 15) is 18.0 Å². The highest BCUT2D eigenvalue weighted by molar-refractivity contribution is 5.95. The van der Waals surface area contributed by atoms with Crippen molar-refractivity contribution < 1.29 is 22.7 Å². The van der Waals surface area contributed by atoms with Crippen molar-refractivity contribution in [3.8, 4) is 0 Å². The summed E-state index contributed by atoms with van der Waals surface area (Å²) in [5.41, 5.74) is -1.08. The zero-order chi connectivity index (χ0) is 13.2. The monoisotopic (exact) mass is 259 g/mol. The molecule has 2 rings (SSSR count). The molecule has 1 saturated heterocycles. The summed E-state index contributed by atoms with van der Waals surface area (Å²) in [6.45, 7) is 0.471. The molecule has 0 aliphatic carbocycles. The molecule has 1 aromatic carbocycles. The summed E-state index contributed by atoms with van der Waals surface area (Å²) < 4.78 is 43.2. The molecule has 18 heavy (non-hydrogen) atoms. The first-order chi connectivity index (χ1) is 8.48. The number of para-hydroxylation sites is 1. The van der Waals surface area contributed by atoms with Gasteiger partial charge in [0.25, 0.3) is 5.91 Å². The molecule has 98 valence electrons. The molecule has 1 atom stereocenters. The Morgan fingerprint density at radius 2 is 2.06 bits per heavy atom. The quantitative estimate of drug-likeness (QED) is 0.886. The first-order valence-electron chi connectivity index (χ1n) is 5.57. The van der Waals surface area contributed by atoms with Crippen LogP contribution in [0.1, 0.15) is 18.4 Å². The number of nitrogens with one attached hydrogen (secondary N) is 1. The molecule has 6 heteroatoms. The van der Waals surface area contributed by atoms with Gasteiger partial charge in [0.2, 0.25) is 0 Å². The Morgan fingerprint density at radius 3 is 2.67 bits per heavy atom. The first kappa shape index (κ1) is 12.9. The van der Waals surface area contributed by atoms with Gasteiger partial charge in [-0.05, 0) is 25.0 Å². The van der Waals surface area contributed by atoms with Gasteiger partial charge in [0, 0.05) is 6.61 Å². The van der Waals surface area contributed by atoms with Crippen LogP contribution in [0.5, 0.6) is 0 Å². The lowest BCUT2D eigenvalue weighted by atomic mass is 10.1. The van der Waals surface area contributed by atoms with Crippen molar-refractivity contribution in [2.45, 2.75) is 25.1 Å². The van der Waals surface area contributed by atoms with Crippen molar-refractivity contribution in [3.05, 3.63) is 29.8 Å². The second-order valence-electron chi connectivity index (χ2n) is 4.03. The van der Waals surface area contributed by atoms with E-state index in [1.54, 1.807) is 0 Å². The fourth-order valence-corrected chi connectivity index (χ4v) is 1.84. The molecular weight excluding hydrogens is 247 g/mol. The van der Waals surface area contributed by atoms with Gasteiger partial charge in [0.15, 0.2) is 0 Å². The highest BCUT2D eigenvalue weighted by atomic mass is 19.4. The molecule has 1 heterocycles. The number of carbonyl (C=O) groups is 1. The summed E-state index contributed by atoms with van der Waals surface area (Å²) in [6.07, 6.45) is -3.84. The van der Waals surface area contributed by atoms with Crippen molar-refractivity contribution in [2.24, 2.45) is 0 Å². The highest BCUT2D eigenvalue weighted by Crippen LogP contribution is 2.34. The minimum absolute atomic E-state index is 0.231. The minimum Gasteiger partial charge on any atom is -0.368 e.